The summed E-state index contributed by atoms with van der Waals surface area (Å²) >= 11 is 0. The van der Waals surface area contributed by atoms with Gasteiger partial charge in [0.1, 0.15) is 11.9 Å². The standard InChI is InChI=1S/C23H23N3O6S/c1-15-12-17-13-16(2-7-21(17)31-15)22-14-20(25-32-22)23(27)24-18-3-5-19(6-4-18)33(28,29)26-8-10-30-11-9-26/h2-7,13-15H,8-12H2,1H3,(H,24,27)/t15-/m0/s1. The molecule has 2 aliphatic heterocycles. The molecule has 3 aromatic rings. The molecule has 0 bridgehead atoms. The molecule has 172 valence electrons. The number of hydrogen-bond acceptors (Lipinski definition) is 7. The molecule has 1 atom stereocenters. The van der Waals surface area contributed by atoms with Crippen LogP contribution in [0.15, 0.2) is 57.9 Å². The van der Waals surface area contributed by atoms with E-state index in [0.717, 1.165) is 23.3 Å². The van der Waals surface area contributed by atoms with Crippen molar-refractivity contribution in [3.8, 4) is 17.1 Å². The maximum Gasteiger partial charge on any atom is 0.277 e. The summed E-state index contributed by atoms with van der Waals surface area (Å²) in [6.45, 7) is 3.43. The number of benzene rings is 2. The highest BCUT2D eigenvalue weighted by Gasteiger charge is 2.26. The second kappa shape index (κ2) is 8.62. The number of carbonyl (C=O) groups is 1. The Bertz CT molecular complexity index is 1280. The number of aromatic nitrogens is 1. The van der Waals surface area contributed by atoms with Gasteiger partial charge in [-0.25, -0.2) is 8.42 Å². The predicted molar refractivity (Wildman–Crippen MR) is 120 cm³/mol. The highest BCUT2D eigenvalue weighted by Crippen LogP contribution is 2.33. The Balaban J connectivity index is 1.27. The highest BCUT2D eigenvalue weighted by atomic mass is 32.2. The number of anilines is 1. The fraction of sp³-hybridized carbons (Fsp3) is 0.304. The zero-order valence-electron chi connectivity index (χ0n) is 18.0. The van der Waals surface area contributed by atoms with E-state index >= 15 is 0 Å². The molecule has 3 heterocycles. The number of sulfonamides is 1. The van der Waals surface area contributed by atoms with Crippen LogP contribution in [0.5, 0.6) is 5.75 Å². The lowest BCUT2D eigenvalue weighted by Crippen LogP contribution is -2.40. The predicted octanol–water partition coefficient (Wildman–Crippen LogP) is 2.94. The Kier molecular flexibility index (Phi) is 5.65. The number of hydrogen-bond donors (Lipinski definition) is 1. The summed E-state index contributed by atoms with van der Waals surface area (Å²) in [5.74, 6) is 0.893. The Morgan fingerprint density at radius 3 is 2.61 bits per heavy atom. The normalized spacial score (nSPS) is 18.5. The van der Waals surface area contributed by atoms with E-state index in [1.807, 2.05) is 25.1 Å². The molecule has 1 amide bonds. The van der Waals surface area contributed by atoms with E-state index in [0.29, 0.717) is 37.8 Å². The fourth-order valence-electron chi connectivity index (χ4n) is 3.93. The summed E-state index contributed by atoms with van der Waals surface area (Å²) in [6, 6.07) is 13.4. The second-order valence-electron chi connectivity index (χ2n) is 8.03. The summed E-state index contributed by atoms with van der Waals surface area (Å²) in [5.41, 5.74) is 2.49. The average Bonchev–Trinajstić information content (AvgIpc) is 3.46. The SMILES string of the molecule is C[C@H]1Cc2cc(-c3cc(C(=O)Nc4ccc(S(=O)(=O)N5CCOCC5)cc4)no3)ccc2O1. The summed E-state index contributed by atoms with van der Waals surface area (Å²) in [7, 11) is -3.59. The van der Waals surface area contributed by atoms with Gasteiger partial charge >= 0.3 is 0 Å². The van der Waals surface area contributed by atoms with Crippen molar-refractivity contribution in [2.24, 2.45) is 0 Å². The van der Waals surface area contributed by atoms with Crippen molar-refractivity contribution in [1.29, 1.82) is 0 Å². The van der Waals surface area contributed by atoms with Crippen LogP contribution in [0, 0.1) is 0 Å². The van der Waals surface area contributed by atoms with Gasteiger partial charge in [-0.15, -0.1) is 0 Å². The molecule has 10 heteroatoms. The van der Waals surface area contributed by atoms with E-state index in [1.165, 1.54) is 16.4 Å². The van der Waals surface area contributed by atoms with E-state index in [2.05, 4.69) is 10.5 Å². The third-order valence-corrected chi connectivity index (χ3v) is 7.56. The summed E-state index contributed by atoms with van der Waals surface area (Å²) < 4.78 is 43.1. The fourth-order valence-corrected chi connectivity index (χ4v) is 5.34. The first-order valence-electron chi connectivity index (χ1n) is 10.7. The molecule has 2 aliphatic rings. The highest BCUT2D eigenvalue weighted by molar-refractivity contribution is 7.89. The van der Waals surface area contributed by atoms with Crippen molar-refractivity contribution in [3.05, 3.63) is 59.8 Å². The minimum absolute atomic E-state index is 0.125. The quantitative estimate of drug-likeness (QED) is 0.612. The maximum absolute atomic E-state index is 12.7. The Labute approximate surface area is 191 Å². The van der Waals surface area contributed by atoms with E-state index < -0.39 is 15.9 Å². The lowest BCUT2D eigenvalue weighted by atomic mass is 10.1. The van der Waals surface area contributed by atoms with Gasteiger partial charge in [0, 0.05) is 36.8 Å². The zero-order valence-corrected chi connectivity index (χ0v) is 18.8. The molecule has 1 fully saturated rings. The first-order chi connectivity index (χ1) is 15.9. The minimum atomic E-state index is -3.59. The summed E-state index contributed by atoms with van der Waals surface area (Å²) in [6.07, 6.45) is 0.962. The maximum atomic E-state index is 12.7. The molecule has 9 nitrogen and oxygen atoms in total. The van der Waals surface area contributed by atoms with Gasteiger partial charge in [0.2, 0.25) is 10.0 Å². The first kappa shape index (κ1) is 21.6. The molecule has 0 spiro atoms. The molecule has 0 unspecified atom stereocenters. The Morgan fingerprint density at radius 2 is 1.85 bits per heavy atom. The number of nitrogens with zero attached hydrogens (tertiary/aromatic N) is 2. The van der Waals surface area contributed by atoms with Crippen molar-refractivity contribution in [2.75, 3.05) is 31.6 Å². The third kappa shape index (κ3) is 4.37. The number of morpholine rings is 1. The Morgan fingerprint density at radius 1 is 1.09 bits per heavy atom. The molecule has 1 N–H and O–H groups in total. The van der Waals surface area contributed by atoms with Crippen LogP contribution in [-0.2, 0) is 21.2 Å². The molecule has 0 radical (unpaired) electrons. The van der Waals surface area contributed by atoms with Crippen molar-refractivity contribution in [2.45, 2.75) is 24.3 Å². The molecule has 5 rings (SSSR count). The van der Waals surface area contributed by atoms with Gasteiger partial charge < -0.3 is 19.3 Å². The van der Waals surface area contributed by atoms with Gasteiger partial charge in [-0.05, 0) is 55.0 Å². The van der Waals surface area contributed by atoms with Crippen LogP contribution < -0.4 is 10.1 Å². The molecular formula is C23H23N3O6S. The zero-order chi connectivity index (χ0) is 23.0. The topological polar surface area (TPSA) is 111 Å². The smallest absolute Gasteiger partial charge is 0.277 e. The molecule has 0 aliphatic carbocycles. The molecule has 0 saturated carbocycles. The minimum Gasteiger partial charge on any atom is -0.490 e. The van der Waals surface area contributed by atoms with Gasteiger partial charge in [0.05, 0.1) is 18.1 Å². The lowest BCUT2D eigenvalue weighted by molar-refractivity contribution is 0.0730. The number of amides is 1. The molecule has 33 heavy (non-hydrogen) atoms. The number of fused-ring (bicyclic) bond motifs is 1. The first-order valence-corrected chi connectivity index (χ1v) is 12.1. The van der Waals surface area contributed by atoms with E-state index in [1.54, 1.807) is 18.2 Å². The molecule has 1 aromatic heterocycles. The monoisotopic (exact) mass is 469 g/mol. The average molecular weight is 470 g/mol. The van der Waals surface area contributed by atoms with Crippen LogP contribution in [0.3, 0.4) is 0 Å². The number of nitrogens with one attached hydrogen (secondary N) is 1. The Hall–Kier alpha value is -3.21. The summed E-state index contributed by atoms with van der Waals surface area (Å²) in [5, 5.41) is 6.60. The third-order valence-electron chi connectivity index (χ3n) is 5.64. The number of ether oxygens (including phenoxy) is 2. The van der Waals surface area contributed by atoms with E-state index in [-0.39, 0.29) is 16.7 Å². The summed E-state index contributed by atoms with van der Waals surface area (Å²) in [4.78, 5) is 12.8. The van der Waals surface area contributed by atoms with Crippen LogP contribution >= 0.6 is 0 Å². The van der Waals surface area contributed by atoms with Crippen LogP contribution in [-0.4, -0.2) is 56.2 Å². The van der Waals surface area contributed by atoms with Crippen molar-refractivity contribution < 1.29 is 27.2 Å². The number of rotatable bonds is 5. The van der Waals surface area contributed by atoms with Crippen LogP contribution in [0.4, 0.5) is 5.69 Å². The van der Waals surface area contributed by atoms with Crippen molar-refractivity contribution in [3.63, 3.8) is 0 Å². The van der Waals surface area contributed by atoms with Crippen molar-refractivity contribution >= 4 is 21.6 Å². The molecule has 1 saturated heterocycles. The largest absolute Gasteiger partial charge is 0.490 e. The van der Waals surface area contributed by atoms with Crippen LogP contribution in [0.25, 0.3) is 11.3 Å². The van der Waals surface area contributed by atoms with Gasteiger partial charge in [0.25, 0.3) is 5.91 Å². The van der Waals surface area contributed by atoms with E-state index in [4.69, 9.17) is 14.0 Å². The lowest BCUT2D eigenvalue weighted by Gasteiger charge is -2.26. The van der Waals surface area contributed by atoms with Gasteiger partial charge in [-0.1, -0.05) is 5.16 Å². The van der Waals surface area contributed by atoms with Crippen LogP contribution in [0.1, 0.15) is 23.0 Å². The number of carbonyl (C=O) groups excluding carboxylic acids is 1. The van der Waals surface area contributed by atoms with Gasteiger partial charge in [-0.2, -0.15) is 4.31 Å². The van der Waals surface area contributed by atoms with Crippen molar-refractivity contribution in [1.82, 2.24) is 9.46 Å². The van der Waals surface area contributed by atoms with Crippen LogP contribution in [0.2, 0.25) is 0 Å². The molecule has 2 aromatic carbocycles. The second-order valence-corrected chi connectivity index (χ2v) is 9.96. The van der Waals surface area contributed by atoms with Gasteiger partial charge in [-0.3, -0.25) is 4.79 Å². The van der Waals surface area contributed by atoms with Gasteiger partial charge in [0.15, 0.2) is 11.5 Å². The molecular weight excluding hydrogens is 446 g/mol. The van der Waals surface area contributed by atoms with E-state index in [9.17, 15) is 13.2 Å².